The largest absolute Gasteiger partial charge is 0.496 e. The normalized spacial score (nSPS) is 19.4. The molecule has 9 heteroatoms. The molecule has 1 saturated heterocycles. The third kappa shape index (κ3) is 5.31. The van der Waals surface area contributed by atoms with E-state index in [1.165, 1.54) is 0 Å². The van der Waals surface area contributed by atoms with Gasteiger partial charge in [0.25, 0.3) is 5.91 Å². The summed E-state index contributed by atoms with van der Waals surface area (Å²) in [7, 11) is 5.51. The van der Waals surface area contributed by atoms with Gasteiger partial charge in [-0.25, -0.2) is 0 Å². The smallest absolute Gasteiger partial charge is 0.251 e. The van der Waals surface area contributed by atoms with Gasteiger partial charge in [-0.3, -0.25) is 9.78 Å². The predicted octanol–water partition coefficient (Wildman–Crippen LogP) is 5.14. The first kappa shape index (κ1) is 27.8. The summed E-state index contributed by atoms with van der Waals surface area (Å²) >= 11 is 0. The van der Waals surface area contributed by atoms with Crippen LogP contribution in [-0.2, 0) is 4.74 Å². The van der Waals surface area contributed by atoms with Crippen LogP contribution < -0.4 is 14.8 Å². The second kappa shape index (κ2) is 10.8. The minimum Gasteiger partial charge on any atom is -0.496 e. The second-order valence-corrected chi connectivity index (χ2v) is 11.9. The fourth-order valence-corrected chi connectivity index (χ4v) is 5.94. The summed E-state index contributed by atoms with van der Waals surface area (Å²) in [5.41, 5.74) is 4.15. The quantitative estimate of drug-likeness (QED) is 0.297. The molecule has 3 heterocycles. The molecule has 2 atom stereocenters. The number of amides is 1. The lowest BCUT2D eigenvalue weighted by Crippen LogP contribution is -2.49. The van der Waals surface area contributed by atoms with Crippen molar-refractivity contribution in [2.45, 2.75) is 25.5 Å². The van der Waals surface area contributed by atoms with Gasteiger partial charge < -0.3 is 28.8 Å². The third-order valence-electron chi connectivity index (χ3n) is 7.85. The Kier molecular flexibility index (Phi) is 7.13. The molecule has 2 unspecified atom stereocenters. The number of fused-ring (bicyclic) bond motifs is 2. The number of rotatable bonds is 9. The van der Waals surface area contributed by atoms with E-state index in [0.717, 1.165) is 24.3 Å². The maximum Gasteiger partial charge on any atom is 0.251 e. The van der Waals surface area contributed by atoms with Crippen molar-refractivity contribution in [2.75, 3.05) is 41.0 Å². The van der Waals surface area contributed by atoms with Crippen molar-refractivity contribution in [3.05, 3.63) is 65.9 Å². The van der Waals surface area contributed by atoms with Crippen LogP contribution in [0.4, 0.5) is 0 Å². The summed E-state index contributed by atoms with van der Waals surface area (Å²) in [6.07, 6.45) is 1.84. The maximum atomic E-state index is 13.0. The number of nitrogens with zero attached hydrogens (tertiary/aromatic N) is 3. The molecule has 0 bridgehead atoms. The molecule has 2 aliphatic rings. The van der Waals surface area contributed by atoms with E-state index in [1.807, 2.05) is 69.2 Å². The van der Waals surface area contributed by atoms with Gasteiger partial charge in [0.1, 0.15) is 34.9 Å². The number of nitriles is 1. The number of nitrogens with one attached hydrogen (secondary N) is 1. The average molecular weight is 567 g/mol. The Hall–Kier alpha value is -4.39. The lowest BCUT2D eigenvalue weighted by Gasteiger charge is -2.29. The van der Waals surface area contributed by atoms with E-state index in [9.17, 15) is 10.1 Å². The van der Waals surface area contributed by atoms with Gasteiger partial charge in [-0.05, 0) is 69.9 Å². The highest BCUT2D eigenvalue weighted by Crippen LogP contribution is 2.47. The Morgan fingerprint density at radius 2 is 1.88 bits per heavy atom. The number of furan rings is 1. The summed E-state index contributed by atoms with van der Waals surface area (Å²) < 4.78 is 23.7. The zero-order valence-corrected chi connectivity index (χ0v) is 24.4. The van der Waals surface area contributed by atoms with Crippen molar-refractivity contribution in [1.29, 1.82) is 5.26 Å². The van der Waals surface area contributed by atoms with Gasteiger partial charge in [0, 0.05) is 47.3 Å². The number of carbonyl (C=O) groups is 1. The van der Waals surface area contributed by atoms with Crippen molar-refractivity contribution in [2.24, 2.45) is 11.8 Å². The molecule has 2 aromatic heterocycles. The van der Waals surface area contributed by atoms with Crippen LogP contribution >= 0.6 is 0 Å². The number of aromatic nitrogens is 1. The lowest BCUT2D eigenvalue weighted by atomic mass is 10.0. The zero-order chi connectivity index (χ0) is 29.6. The minimum absolute atomic E-state index is 0.119. The molecule has 216 valence electrons. The summed E-state index contributed by atoms with van der Waals surface area (Å²) in [6, 6.07) is 16.9. The van der Waals surface area contributed by atoms with Gasteiger partial charge in [0.05, 0.1) is 31.5 Å². The highest BCUT2D eigenvalue weighted by molar-refractivity contribution is 5.97. The molecule has 9 nitrogen and oxygen atoms in total. The van der Waals surface area contributed by atoms with E-state index in [0.29, 0.717) is 63.4 Å². The third-order valence-corrected chi connectivity index (χ3v) is 7.85. The first-order valence-corrected chi connectivity index (χ1v) is 14.0. The number of benzene rings is 2. The van der Waals surface area contributed by atoms with E-state index in [2.05, 4.69) is 16.4 Å². The highest BCUT2D eigenvalue weighted by Gasteiger charge is 2.56. The standard InChI is InChI=1S/C33H34N4O5/c1-33(2,18-37(3)4)36-32(38)20-6-8-23(28(13-20)39-5)29-14-26-31(42-29)22(10-11-35-26)19-7-9-27(21(12-19)15-34)41-30-24-16-40-17-25(24)30/h6-14,24-25,30H,16-18H2,1-5H3,(H,36,38). The van der Waals surface area contributed by atoms with Crippen LogP contribution in [0.1, 0.15) is 29.8 Å². The van der Waals surface area contributed by atoms with Crippen molar-refractivity contribution >= 4 is 17.0 Å². The van der Waals surface area contributed by atoms with E-state index < -0.39 is 5.54 Å². The Balaban J connectivity index is 1.28. The monoisotopic (exact) mass is 566 g/mol. The number of pyridine rings is 1. The van der Waals surface area contributed by atoms with E-state index in [4.69, 9.17) is 18.6 Å². The average Bonchev–Trinajstić information content (AvgIpc) is 3.29. The first-order chi connectivity index (χ1) is 20.2. The SMILES string of the molecule is COc1cc(C(=O)NC(C)(C)CN(C)C)ccc1-c1cc2nccc(-c3ccc(OC4C5COCC54)c(C#N)c3)c2o1. The summed E-state index contributed by atoms with van der Waals surface area (Å²) in [4.78, 5) is 19.6. The van der Waals surface area contributed by atoms with Crippen molar-refractivity contribution < 1.29 is 23.4 Å². The molecular weight excluding hydrogens is 532 g/mol. The fourth-order valence-electron chi connectivity index (χ4n) is 5.94. The van der Waals surface area contributed by atoms with E-state index >= 15 is 0 Å². The molecule has 1 saturated carbocycles. The molecular formula is C33H34N4O5. The van der Waals surface area contributed by atoms with Crippen LogP contribution in [0.5, 0.6) is 11.5 Å². The fraction of sp³-hybridized carbons (Fsp3) is 0.364. The van der Waals surface area contributed by atoms with Gasteiger partial charge in [-0.1, -0.05) is 6.07 Å². The minimum atomic E-state index is -0.408. The molecule has 1 N–H and O–H groups in total. The van der Waals surface area contributed by atoms with Crippen LogP contribution in [0.15, 0.2) is 59.1 Å². The maximum absolute atomic E-state index is 13.0. The highest BCUT2D eigenvalue weighted by atomic mass is 16.5. The molecule has 1 amide bonds. The zero-order valence-electron chi connectivity index (χ0n) is 24.4. The Bertz CT molecular complexity index is 1690. The number of carbonyl (C=O) groups excluding carboxylic acids is 1. The number of ether oxygens (including phenoxy) is 3. The number of hydrogen-bond acceptors (Lipinski definition) is 8. The predicted molar refractivity (Wildman–Crippen MR) is 158 cm³/mol. The topological polar surface area (TPSA) is 110 Å². The molecule has 2 aromatic carbocycles. The Morgan fingerprint density at radius 3 is 2.60 bits per heavy atom. The van der Waals surface area contributed by atoms with Crippen molar-refractivity contribution in [3.63, 3.8) is 0 Å². The lowest BCUT2D eigenvalue weighted by molar-refractivity contribution is 0.0899. The van der Waals surface area contributed by atoms with E-state index in [1.54, 1.807) is 25.4 Å². The van der Waals surface area contributed by atoms with Gasteiger partial charge in [-0.2, -0.15) is 5.26 Å². The molecule has 4 aromatic rings. The van der Waals surface area contributed by atoms with Gasteiger partial charge in [-0.15, -0.1) is 0 Å². The van der Waals surface area contributed by atoms with E-state index in [-0.39, 0.29) is 12.0 Å². The van der Waals surface area contributed by atoms with Gasteiger partial charge in [0.15, 0.2) is 5.58 Å². The molecule has 6 rings (SSSR count). The van der Waals surface area contributed by atoms with Crippen LogP contribution in [0.3, 0.4) is 0 Å². The Labute approximate surface area is 245 Å². The van der Waals surface area contributed by atoms with Crippen LogP contribution in [0.25, 0.3) is 33.6 Å². The molecule has 1 aliphatic heterocycles. The molecule has 2 fully saturated rings. The number of methoxy groups -OCH3 is 1. The first-order valence-electron chi connectivity index (χ1n) is 14.0. The van der Waals surface area contributed by atoms with Crippen molar-refractivity contribution in [1.82, 2.24) is 15.2 Å². The van der Waals surface area contributed by atoms with Gasteiger partial charge >= 0.3 is 0 Å². The Morgan fingerprint density at radius 1 is 1.10 bits per heavy atom. The second-order valence-electron chi connectivity index (χ2n) is 11.9. The molecule has 1 aliphatic carbocycles. The van der Waals surface area contributed by atoms with Gasteiger partial charge in [0.2, 0.25) is 0 Å². The van der Waals surface area contributed by atoms with Crippen LogP contribution in [-0.4, -0.2) is 68.4 Å². The summed E-state index contributed by atoms with van der Waals surface area (Å²) in [6.45, 7) is 6.12. The molecule has 42 heavy (non-hydrogen) atoms. The van der Waals surface area contributed by atoms with Crippen LogP contribution in [0.2, 0.25) is 0 Å². The number of likely N-dealkylation sites (N-methyl/N-ethyl adjacent to an activating group) is 1. The summed E-state index contributed by atoms with van der Waals surface area (Å²) in [5, 5.41) is 13.0. The van der Waals surface area contributed by atoms with Crippen molar-refractivity contribution in [3.8, 4) is 40.0 Å². The molecule has 0 spiro atoms. The number of hydrogen-bond donors (Lipinski definition) is 1. The molecule has 0 radical (unpaired) electrons. The van der Waals surface area contributed by atoms with Crippen LogP contribution in [0, 0.1) is 23.2 Å². The summed E-state index contributed by atoms with van der Waals surface area (Å²) in [5.74, 6) is 2.33.